The topological polar surface area (TPSA) is 137 Å². The van der Waals surface area contributed by atoms with E-state index in [4.69, 9.17) is 11.0 Å². The molecular weight excluding hydrogens is 310 g/mol. The number of amides is 4. The molecule has 0 saturated heterocycles. The SMILES string of the molecule is CC(C)CC(NC(=O)c1ccc(NC(N)=O)cc1)C(=O)NCC#N. The standard InChI is InChI=1S/C16H21N5O3/c1-10(2)9-13(15(23)19-8-7-17)21-14(22)11-3-5-12(6-4-11)20-16(18)24/h3-6,10,13H,8-9H2,1-2H3,(H,19,23)(H,21,22)(H3,18,20,24). The minimum absolute atomic E-state index is 0.114. The second-order valence-corrected chi connectivity index (χ2v) is 5.60. The van der Waals surface area contributed by atoms with Crippen LogP contribution in [0.1, 0.15) is 30.6 Å². The predicted molar refractivity (Wildman–Crippen MR) is 89.0 cm³/mol. The fourth-order valence-corrected chi connectivity index (χ4v) is 2.04. The molecule has 1 aromatic rings. The maximum Gasteiger partial charge on any atom is 0.316 e. The Morgan fingerprint density at radius 1 is 1.21 bits per heavy atom. The Hall–Kier alpha value is -3.08. The van der Waals surface area contributed by atoms with Gasteiger partial charge in [-0.25, -0.2) is 4.79 Å². The van der Waals surface area contributed by atoms with Crippen LogP contribution in [0.15, 0.2) is 24.3 Å². The number of nitrogens with zero attached hydrogens (tertiary/aromatic N) is 1. The molecule has 0 aromatic heterocycles. The van der Waals surface area contributed by atoms with Crippen LogP contribution in [0.2, 0.25) is 0 Å². The summed E-state index contributed by atoms with van der Waals surface area (Å²) in [6.07, 6.45) is 0.449. The fourth-order valence-electron chi connectivity index (χ4n) is 2.04. The van der Waals surface area contributed by atoms with E-state index in [-0.39, 0.29) is 12.5 Å². The van der Waals surface area contributed by atoms with E-state index < -0.39 is 23.9 Å². The summed E-state index contributed by atoms with van der Waals surface area (Å²) < 4.78 is 0. The molecule has 8 heteroatoms. The monoisotopic (exact) mass is 331 g/mol. The number of rotatable bonds is 7. The van der Waals surface area contributed by atoms with E-state index in [0.29, 0.717) is 17.7 Å². The van der Waals surface area contributed by atoms with Gasteiger partial charge in [-0.15, -0.1) is 0 Å². The van der Waals surface area contributed by atoms with Crippen LogP contribution in [0.4, 0.5) is 10.5 Å². The Morgan fingerprint density at radius 2 is 1.83 bits per heavy atom. The summed E-state index contributed by atoms with van der Waals surface area (Å²) in [7, 11) is 0. The number of urea groups is 1. The molecule has 5 N–H and O–H groups in total. The van der Waals surface area contributed by atoms with Gasteiger partial charge >= 0.3 is 6.03 Å². The molecule has 0 saturated carbocycles. The lowest BCUT2D eigenvalue weighted by atomic mass is 10.0. The molecule has 0 aliphatic heterocycles. The van der Waals surface area contributed by atoms with Gasteiger partial charge in [0.1, 0.15) is 12.6 Å². The van der Waals surface area contributed by atoms with Gasteiger partial charge in [-0.3, -0.25) is 9.59 Å². The van der Waals surface area contributed by atoms with E-state index >= 15 is 0 Å². The van der Waals surface area contributed by atoms with Gasteiger partial charge in [0.2, 0.25) is 5.91 Å². The largest absolute Gasteiger partial charge is 0.351 e. The van der Waals surface area contributed by atoms with E-state index in [0.717, 1.165) is 0 Å². The summed E-state index contributed by atoms with van der Waals surface area (Å²) in [4.78, 5) is 35.1. The molecule has 0 bridgehead atoms. The molecule has 0 fully saturated rings. The first kappa shape index (κ1) is 19.0. The minimum atomic E-state index is -0.728. The van der Waals surface area contributed by atoms with Gasteiger partial charge in [0.25, 0.3) is 5.91 Å². The lowest BCUT2D eigenvalue weighted by molar-refractivity contribution is -0.123. The normalized spacial score (nSPS) is 11.2. The number of nitriles is 1. The zero-order valence-corrected chi connectivity index (χ0v) is 13.6. The van der Waals surface area contributed by atoms with Gasteiger partial charge in [-0.2, -0.15) is 5.26 Å². The van der Waals surface area contributed by atoms with Crippen LogP contribution < -0.4 is 21.7 Å². The molecule has 0 radical (unpaired) electrons. The Labute approximate surface area is 140 Å². The molecule has 8 nitrogen and oxygen atoms in total. The quantitative estimate of drug-likeness (QED) is 0.553. The molecule has 0 aliphatic rings. The van der Waals surface area contributed by atoms with Crippen molar-refractivity contribution in [2.45, 2.75) is 26.3 Å². The number of nitrogens with two attached hydrogens (primary N) is 1. The Balaban J connectivity index is 2.78. The van der Waals surface area contributed by atoms with Crippen molar-refractivity contribution in [3.05, 3.63) is 29.8 Å². The highest BCUT2D eigenvalue weighted by Crippen LogP contribution is 2.11. The summed E-state index contributed by atoms with van der Waals surface area (Å²) in [6.45, 7) is 3.75. The van der Waals surface area contributed by atoms with Crippen LogP contribution in [0, 0.1) is 17.2 Å². The van der Waals surface area contributed by atoms with Gasteiger partial charge in [-0.05, 0) is 36.6 Å². The Bertz CT molecular complexity index is 634. The Morgan fingerprint density at radius 3 is 2.33 bits per heavy atom. The van der Waals surface area contributed by atoms with Crippen molar-refractivity contribution in [3.63, 3.8) is 0 Å². The third-order valence-electron chi connectivity index (χ3n) is 3.09. The number of benzene rings is 1. The summed E-state index contributed by atoms with van der Waals surface area (Å²) in [6, 6.07) is 6.50. The van der Waals surface area contributed by atoms with Gasteiger partial charge in [0, 0.05) is 11.3 Å². The summed E-state index contributed by atoms with van der Waals surface area (Å²) in [5.41, 5.74) is 5.81. The molecule has 0 spiro atoms. The second kappa shape index (κ2) is 9.15. The van der Waals surface area contributed by atoms with Crippen molar-refractivity contribution in [3.8, 4) is 6.07 Å². The van der Waals surface area contributed by atoms with Crippen LogP contribution in [0.25, 0.3) is 0 Å². The fraction of sp³-hybridized carbons (Fsp3) is 0.375. The number of anilines is 1. The minimum Gasteiger partial charge on any atom is -0.351 e. The zero-order valence-electron chi connectivity index (χ0n) is 13.6. The third-order valence-corrected chi connectivity index (χ3v) is 3.09. The van der Waals surface area contributed by atoms with E-state index in [2.05, 4.69) is 16.0 Å². The van der Waals surface area contributed by atoms with Crippen LogP contribution in [-0.2, 0) is 4.79 Å². The molecule has 1 rings (SSSR count). The summed E-state index contributed by atoms with van der Waals surface area (Å²) in [5.74, 6) is -0.630. The number of hydrogen-bond donors (Lipinski definition) is 4. The average molecular weight is 331 g/mol. The lowest BCUT2D eigenvalue weighted by Gasteiger charge is -2.19. The number of hydrogen-bond acceptors (Lipinski definition) is 4. The number of primary amides is 1. The third kappa shape index (κ3) is 6.36. The smallest absolute Gasteiger partial charge is 0.316 e. The molecule has 1 atom stereocenters. The first-order valence-corrected chi connectivity index (χ1v) is 7.45. The molecule has 4 amide bonds. The Kier molecular flexibility index (Phi) is 7.23. The zero-order chi connectivity index (χ0) is 18.1. The van der Waals surface area contributed by atoms with Crippen LogP contribution in [0.3, 0.4) is 0 Å². The van der Waals surface area contributed by atoms with Crippen molar-refractivity contribution < 1.29 is 14.4 Å². The van der Waals surface area contributed by atoms with Crippen molar-refractivity contribution in [1.82, 2.24) is 10.6 Å². The van der Waals surface area contributed by atoms with Crippen molar-refractivity contribution in [1.29, 1.82) is 5.26 Å². The molecule has 128 valence electrons. The first-order chi connectivity index (χ1) is 11.3. The van der Waals surface area contributed by atoms with Crippen LogP contribution in [-0.4, -0.2) is 30.4 Å². The predicted octanol–water partition coefficient (Wildman–Crippen LogP) is 0.961. The molecule has 1 aromatic carbocycles. The summed E-state index contributed by atoms with van der Waals surface area (Å²) >= 11 is 0. The van der Waals surface area contributed by atoms with Crippen molar-refractivity contribution in [2.75, 3.05) is 11.9 Å². The van der Waals surface area contributed by atoms with Gasteiger partial charge in [0.05, 0.1) is 6.07 Å². The number of nitrogens with one attached hydrogen (secondary N) is 3. The molecular formula is C16H21N5O3. The van der Waals surface area contributed by atoms with Crippen LogP contribution in [0.5, 0.6) is 0 Å². The van der Waals surface area contributed by atoms with Crippen molar-refractivity contribution in [2.24, 2.45) is 11.7 Å². The summed E-state index contributed by atoms with van der Waals surface area (Å²) in [5, 5.41) is 16.0. The maximum atomic E-state index is 12.3. The van der Waals surface area contributed by atoms with E-state index in [1.807, 2.05) is 19.9 Å². The van der Waals surface area contributed by atoms with Gasteiger partial charge < -0.3 is 21.7 Å². The lowest BCUT2D eigenvalue weighted by Crippen LogP contribution is -2.47. The van der Waals surface area contributed by atoms with E-state index in [1.54, 1.807) is 0 Å². The highest BCUT2D eigenvalue weighted by Gasteiger charge is 2.22. The van der Waals surface area contributed by atoms with Crippen LogP contribution >= 0.6 is 0 Å². The average Bonchev–Trinajstić information content (AvgIpc) is 2.51. The highest BCUT2D eigenvalue weighted by atomic mass is 16.2. The van der Waals surface area contributed by atoms with E-state index in [9.17, 15) is 14.4 Å². The molecule has 0 aliphatic carbocycles. The highest BCUT2D eigenvalue weighted by molar-refractivity contribution is 5.98. The maximum absolute atomic E-state index is 12.3. The second-order valence-electron chi connectivity index (χ2n) is 5.60. The molecule has 24 heavy (non-hydrogen) atoms. The first-order valence-electron chi connectivity index (χ1n) is 7.45. The number of carbonyl (C=O) groups excluding carboxylic acids is 3. The van der Waals surface area contributed by atoms with Crippen molar-refractivity contribution >= 4 is 23.5 Å². The number of carbonyl (C=O) groups is 3. The van der Waals surface area contributed by atoms with E-state index in [1.165, 1.54) is 24.3 Å². The molecule has 1 unspecified atom stereocenters. The molecule has 0 heterocycles. The van der Waals surface area contributed by atoms with Gasteiger partial charge in [-0.1, -0.05) is 13.8 Å². The van der Waals surface area contributed by atoms with Gasteiger partial charge in [0.15, 0.2) is 0 Å².